The quantitative estimate of drug-likeness (QED) is 0.235. The third-order valence-corrected chi connectivity index (χ3v) is 8.40. The highest BCUT2D eigenvalue weighted by Gasteiger charge is 2.19. The van der Waals surface area contributed by atoms with Crippen LogP contribution in [0.3, 0.4) is 0 Å². The predicted octanol–water partition coefficient (Wildman–Crippen LogP) is 9.72. The fourth-order valence-electron chi connectivity index (χ4n) is 6.62. The van der Waals surface area contributed by atoms with Gasteiger partial charge in [-0.25, -0.2) is 0 Å². The van der Waals surface area contributed by atoms with Crippen molar-refractivity contribution in [1.82, 2.24) is 9.13 Å². The van der Waals surface area contributed by atoms with Crippen molar-refractivity contribution in [2.45, 2.75) is 25.7 Å². The van der Waals surface area contributed by atoms with Crippen molar-refractivity contribution in [3.05, 3.63) is 133 Å². The van der Waals surface area contributed by atoms with E-state index in [1.807, 2.05) is 0 Å². The van der Waals surface area contributed by atoms with Crippen molar-refractivity contribution in [3.63, 3.8) is 0 Å². The molecule has 6 aromatic rings. The van der Waals surface area contributed by atoms with Crippen LogP contribution in [0.4, 0.5) is 0 Å². The summed E-state index contributed by atoms with van der Waals surface area (Å²) in [7, 11) is 0. The molecule has 0 N–H and O–H groups in total. The molecule has 2 aromatic heterocycles. The Morgan fingerprint density at radius 1 is 0.342 bits per heavy atom. The zero-order chi connectivity index (χ0) is 25.1. The summed E-state index contributed by atoms with van der Waals surface area (Å²) in [5, 5.41) is 5.32. The third-order valence-electron chi connectivity index (χ3n) is 8.40. The lowest BCUT2D eigenvalue weighted by atomic mass is 9.89. The van der Waals surface area contributed by atoms with E-state index in [2.05, 4.69) is 131 Å². The van der Waals surface area contributed by atoms with Crippen molar-refractivity contribution in [2.24, 2.45) is 0 Å². The van der Waals surface area contributed by atoms with Crippen molar-refractivity contribution in [2.75, 3.05) is 0 Å². The van der Waals surface area contributed by atoms with Crippen LogP contribution in [-0.2, 0) is 0 Å². The van der Waals surface area contributed by atoms with Crippen LogP contribution in [-0.4, -0.2) is 9.13 Å². The maximum Gasteiger partial charge on any atom is 0.0537 e. The second-order valence-electron chi connectivity index (χ2n) is 10.4. The molecule has 2 heterocycles. The SMILES string of the molecule is C1=C(C2=CC=C(n3c4ccccc4c4ccccc43)CC2)CCC(n2c3ccccc3c3ccccc32)=C1. The topological polar surface area (TPSA) is 9.86 Å². The number of nitrogens with zero attached hydrogens (tertiary/aromatic N) is 2. The molecule has 0 saturated carbocycles. The summed E-state index contributed by atoms with van der Waals surface area (Å²) in [5.74, 6) is 0. The van der Waals surface area contributed by atoms with E-state index < -0.39 is 0 Å². The summed E-state index contributed by atoms with van der Waals surface area (Å²) in [6.45, 7) is 0. The van der Waals surface area contributed by atoms with Gasteiger partial charge in [-0.3, -0.25) is 0 Å². The first kappa shape index (κ1) is 21.5. The molecular weight excluding hydrogens is 460 g/mol. The molecule has 0 spiro atoms. The lowest BCUT2D eigenvalue weighted by molar-refractivity contribution is 0.875. The maximum atomic E-state index is 2.47. The highest BCUT2D eigenvalue weighted by atomic mass is 15.0. The van der Waals surface area contributed by atoms with Crippen molar-refractivity contribution >= 4 is 55.0 Å². The van der Waals surface area contributed by atoms with Gasteiger partial charge in [0.2, 0.25) is 0 Å². The molecule has 4 aromatic carbocycles. The summed E-state index contributed by atoms with van der Waals surface area (Å²) >= 11 is 0. The Balaban J connectivity index is 1.17. The van der Waals surface area contributed by atoms with Crippen LogP contribution in [0.2, 0.25) is 0 Å². The molecule has 2 aliphatic rings. The minimum absolute atomic E-state index is 1.05. The molecule has 0 fully saturated rings. The third kappa shape index (κ3) is 3.20. The number of aromatic nitrogens is 2. The van der Waals surface area contributed by atoms with Crippen LogP contribution in [0.5, 0.6) is 0 Å². The van der Waals surface area contributed by atoms with Crippen LogP contribution < -0.4 is 0 Å². The van der Waals surface area contributed by atoms with Gasteiger partial charge in [-0.2, -0.15) is 0 Å². The van der Waals surface area contributed by atoms with Crippen molar-refractivity contribution < 1.29 is 0 Å². The van der Waals surface area contributed by atoms with Gasteiger partial charge in [0.25, 0.3) is 0 Å². The molecule has 0 atom stereocenters. The molecule has 2 nitrogen and oxygen atoms in total. The first-order valence-electron chi connectivity index (χ1n) is 13.6. The van der Waals surface area contributed by atoms with Crippen LogP contribution in [0, 0.1) is 0 Å². The van der Waals surface area contributed by atoms with E-state index in [1.54, 1.807) is 0 Å². The standard InChI is InChI=1S/C36H28N2/c1-5-13-33-29(9-1)30-10-2-6-14-34(30)37(33)27-21-17-25(18-22-27)26-19-23-28(24-20-26)38-35-15-7-3-11-31(35)32-12-4-8-16-36(32)38/h1-17,19,21,23H,18,20,22,24H2. The first-order valence-corrected chi connectivity index (χ1v) is 13.6. The number of para-hydroxylation sites is 4. The number of rotatable bonds is 3. The maximum absolute atomic E-state index is 2.47. The Hall–Kier alpha value is -4.56. The highest BCUT2D eigenvalue weighted by Crippen LogP contribution is 2.39. The molecule has 0 unspecified atom stereocenters. The molecule has 182 valence electrons. The summed E-state index contributed by atoms with van der Waals surface area (Å²) in [6.07, 6.45) is 13.7. The van der Waals surface area contributed by atoms with Crippen LogP contribution in [0.1, 0.15) is 25.7 Å². The van der Waals surface area contributed by atoms with Gasteiger partial charge in [-0.1, -0.05) is 84.9 Å². The molecule has 38 heavy (non-hydrogen) atoms. The predicted molar refractivity (Wildman–Crippen MR) is 162 cm³/mol. The van der Waals surface area contributed by atoms with Crippen LogP contribution >= 0.6 is 0 Å². The van der Waals surface area contributed by atoms with E-state index in [0.717, 1.165) is 25.7 Å². The molecule has 0 aliphatic heterocycles. The zero-order valence-corrected chi connectivity index (χ0v) is 21.3. The lowest BCUT2D eigenvalue weighted by Gasteiger charge is -2.22. The van der Waals surface area contributed by atoms with Gasteiger partial charge >= 0.3 is 0 Å². The second-order valence-corrected chi connectivity index (χ2v) is 10.4. The van der Waals surface area contributed by atoms with Gasteiger partial charge in [0.05, 0.1) is 22.1 Å². The number of hydrogen-bond donors (Lipinski definition) is 0. The molecule has 0 bridgehead atoms. The fraction of sp³-hybridized carbons (Fsp3) is 0.111. The minimum Gasteiger partial charge on any atom is -0.313 e. The van der Waals surface area contributed by atoms with Crippen LogP contribution in [0.25, 0.3) is 55.0 Å². The molecule has 0 saturated heterocycles. The Morgan fingerprint density at radius 2 is 0.658 bits per heavy atom. The lowest BCUT2D eigenvalue weighted by Crippen LogP contribution is -2.05. The summed E-state index contributed by atoms with van der Waals surface area (Å²) < 4.78 is 4.93. The molecule has 2 heteroatoms. The number of allylic oxidation sites excluding steroid dienone is 8. The van der Waals surface area contributed by atoms with E-state index in [1.165, 1.54) is 66.2 Å². The van der Waals surface area contributed by atoms with E-state index >= 15 is 0 Å². The van der Waals surface area contributed by atoms with Crippen LogP contribution in [0.15, 0.2) is 133 Å². The van der Waals surface area contributed by atoms with Crippen molar-refractivity contribution in [1.29, 1.82) is 0 Å². The minimum atomic E-state index is 1.05. The van der Waals surface area contributed by atoms with E-state index in [9.17, 15) is 0 Å². The molecule has 0 amide bonds. The summed E-state index contributed by atoms with van der Waals surface area (Å²) in [5.41, 5.74) is 10.9. The highest BCUT2D eigenvalue weighted by molar-refractivity contribution is 6.11. The Labute approximate surface area is 222 Å². The van der Waals surface area contributed by atoms with Gasteiger partial charge < -0.3 is 9.13 Å². The van der Waals surface area contributed by atoms with E-state index in [-0.39, 0.29) is 0 Å². The zero-order valence-electron chi connectivity index (χ0n) is 21.3. The molecule has 8 rings (SSSR count). The Bertz CT molecular complexity index is 1760. The Morgan fingerprint density at radius 3 is 0.947 bits per heavy atom. The molecular formula is C36H28N2. The average Bonchev–Trinajstić information content (AvgIpc) is 3.51. The van der Waals surface area contributed by atoms with Gasteiger partial charge in [0, 0.05) is 32.9 Å². The molecule has 2 aliphatic carbocycles. The summed E-state index contributed by atoms with van der Waals surface area (Å²) in [4.78, 5) is 0. The number of benzene rings is 4. The van der Waals surface area contributed by atoms with E-state index in [0.29, 0.717) is 0 Å². The molecule has 0 radical (unpaired) electrons. The number of fused-ring (bicyclic) bond motifs is 6. The van der Waals surface area contributed by atoms with Crippen molar-refractivity contribution in [3.8, 4) is 0 Å². The monoisotopic (exact) mass is 488 g/mol. The second kappa shape index (κ2) is 8.49. The average molecular weight is 489 g/mol. The van der Waals surface area contributed by atoms with Gasteiger partial charge in [0.1, 0.15) is 0 Å². The van der Waals surface area contributed by atoms with Gasteiger partial charge in [-0.05, 0) is 73.2 Å². The fourth-order valence-corrected chi connectivity index (χ4v) is 6.62. The first-order chi connectivity index (χ1) is 18.9. The summed E-state index contributed by atoms with van der Waals surface area (Å²) in [6, 6.07) is 35.1. The van der Waals surface area contributed by atoms with Gasteiger partial charge in [-0.15, -0.1) is 0 Å². The van der Waals surface area contributed by atoms with Gasteiger partial charge in [0.15, 0.2) is 0 Å². The number of hydrogen-bond acceptors (Lipinski definition) is 0. The Kier molecular flexibility index (Phi) is 4.81. The van der Waals surface area contributed by atoms with E-state index in [4.69, 9.17) is 0 Å². The normalized spacial score (nSPS) is 16.1. The smallest absolute Gasteiger partial charge is 0.0537 e. The largest absolute Gasteiger partial charge is 0.313 e.